The maximum absolute atomic E-state index is 12.9. The third kappa shape index (κ3) is 4.56. The quantitative estimate of drug-likeness (QED) is 0.528. The number of allylic oxidation sites excluding steroid dienone is 1. The van der Waals surface area contributed by atoms with Gasteiger partial charge in [-0.05, 0) is 39.0 Å². The second-order valence-electron chi connectivity index (χ2n) is 8.15. The van der Waals surface area contributed by atoms with Crippen molar-refractivity contribution in [3.05, 3.63) is 11.6 Å². The predicted octanol–water partition coefficient (Wildman–Crippen LogP) is 3.08. The lowest BCUT2D eigenvalue weighted by atomic mass is 9.64. The van der Waals surface area contributed by atoms with E-state index in [1.54, 1.807) is 33.8 Å². The van der Waals surface area contributed by atoms with E-state index in [1.165, 1.54) is 0 Å². The Bertz CT molecular complexity index is 612. The largest absolute Gasteiger partial charge is 0.374 e. The van der Waals surface area contributed by atoms with Gasteiger partial charge < -0.3 is 5.11 Å². The van der Waals surface area contributed by atoms with Gasteiger partial charge in [0.25, 0.3) is 0 Å². The van der Waals surface area contributed by atoms with Gasteiger partial charge >= 0.3 is 0 Å². The van der Waals surface area contributed by atoms with Gasteiger partial charge in [-0.15, -0.1) is 0 Å². The maximum Gasteiger partial charge on any atom is 0.190 e. The van der Waals surface area contributed by atoms with E-state index in [0.29, 0.717) is 12.8 Å². The summed E-state index contributed by atoms with van der Waals surface area (Å²) in [6.45, 7) is 11.0. The van der Waals surface area contributed by atoms with Crippen molar-refractivity contribution in [2.75, 3.05) is 0 Å². The molecular formula is C21H32O5. The zero-order chi connectivity index (χ0) is 20.2. The van der Waals surface area contributed by atoms with Crippen LogP contribution in [-0.4, -0.2) is 33.8 Å². The van der Waals surface area contributed by atoms with Crippen molar-refractivity contribution in [2.45, 2.75) is 72.8 Å². The van der Waals surface area contributed by atoms with E-state index in [4.69, 9.17) is 0 Å². The van der Waals surface area contributed by atoms with Gasteiger partial charge in [0.15, 0.2) is 28.7 Å². The summed E-state index contributed by atoms with van der Waals surface area (Å²) in [5, 5.41) is 10.9. The van der Waals surface area contributed by atoms with Gasteiger partial charge in [0.1, 0.15) is 5.92 Å². The first-order chi connectivity index (χ1) is 12.0. The van der Waals surface area contributed by atoms with Gasteiger partial charge in [-0.2, -0.15) is 0 Å². The van der Waals surface area contributed by atoms with Crippen LogP contribution in [0.1, 0.15) is 67.2 Å². The number of carbonyl (C=O) groups is 4. The van der Waals surface area contributed by atoms with Crippen LogP contribution in [-0.2, 0) is 19.2 Å². The monoisotopic (exact) mass is 364 g/mol. The molecule has 1 aliphatic carbocycles. The summed E-state index contributed by atoms with van der Waals surface area (Å²) in [5.41, 5.74) is -1.44. The van der Waals surface area contributed by atoms with Crippen molar-refractivity contribution < 1.29 is 24.3 Å². The molecule has 1 aliphatic rings. The summed E-state index contributed by atoms with van der Waals surface area (Å²) >= 11 is 0. The fourth-order valence-electron chi connectivity index (χ4n) is 3.19. The fraction of sp³-hybridized carbons (Fsp3) is 0.714. The minimum atomic E-state index is -2.29. The molecule has 5 nitrogen and oxygen atoms in total. The summed E-state index contributed by atoms with van der Waals surface area (Å²) < 4.78 is 0. The van der Waals surface area contributed by atoms with Crippen LogP contribution in [0.2, 0.25) is 0 Å². The molecule has 1 N–H and O–H groups in total. The van der Waals surface area contributed by atoms with Crippen LogP contribution < -0.4 is 0 Å². The molecule has 0 aromatic heterocycles. The number of hydrogen-bond donors (Lipinski definition) is 1. The highest BCUT2D eigenvalue weighted by atomic mass is 16.3. The first-order valence-electron chi connectivity index (χ1n) is 9.49. The van der Waals surface area contributed by atoms with Crippen molar-refractivity contribution in [2.24, 2.45) is 23.7 Å². The van der Waals surface area contributed by atoms with Crippen LogP contribution >= 0.6 is 0 Å². The Balaban J connectivity index is 3.36. The Labute approximate surface area is 156 Å². The third-order valence-corrected chi connectivity index (χ3v) is 5.24. The maximum atomic E-state index is 12.9. The van der Waals surface area contributed by atoms with E-state index in [-0.39, 0.29) is 18.8 Å². The van der Waals surface area contributed by atoms with Crippen molar-refractivity contribution in [1.29, 1.82) is 0 Å². The second-order valence-corrected chi connectivity index (χ2v) is 8.15. The van der Waals surface area contributed by atoms with Crippen LogP contribution in [0.3, 0.4) is 0 Å². The van der Waals surface area contributed by atoms with Crippen LogP contribution in [0.15, 0.2) is 11.6 Å². The molecule has 4 unspecified atom stereocenters. The molecule has 0 aliphatic heterocycles. The van der Waals surface area contributed by atoms with Crippen molar-refractivity contribution in [3.63, 3.8) is 0 Å². The molecule has 1 rings (SSSR count). The molecule has 146 valence electrons. The summed E-state index contributed by atoms with van der Waals surface area (Å²) in [6, 6.07) is 0. The van der Waals surface area contributed by atoms with Gasteiger partial charge in [0.2, 0.25) is 0 Å². The molecule has 0 bridgehead atoms. The Morgan fingerprint density at radius 1 is 1.15 bits per heavy atom. The van der Waals surface area contributed by atoms with E-state index >= 15 is 0 Å². The summed E-state index contributed by atoms with van der Waals surface area (Å²) in [7, 11) is 0. The lowest BCUT2D eigenvalue weighted by Crippen LogP contribution is -2.62. The van der Waals surface area contributed by atoms with Crippen LogP contribution in [0.5, 0.6) is 0 Å². The molecule has 1 saturated carbocycles. The number of carbonyl (C=O) groups excluding carboxylic acids is 4. The molecule has 1 fully saturated rings. The lowest BCUT2D eigenvalue weighted by Gasteiger charge is -2.37. The standard InChI is InChI=1S/C21H32O5/c1-7-14(6)17(22)16-18(23)15(9-8-12(2)3)19(24)21(26,20(16)25)11-10-13(4)5/h10,12,14-16,26H,7-9,11H2,1-6H3. The van der Waals surface area contributed by atoms with Gasteiger partial charge in [-0.3, -0.25) is 19.2 Å². The van der Waals surface area contributed by atoms with E-state index in [2.05, 4.69) is 0 Å². The Hall–Kier alpha value is -1.62. The van der Waals surface area contributed by atoms with Crippen molar-refractivity contribution >= 4 is 23.1 Å². The highest BCUT2D eigenvalue weighted by Gasteiger charge is 2.59. The zero-order valence-electron chi connectivity index (χ0n) is 16.8. The molecule has 0 amide bonds. The zero-order valence-corrected chi connectivity index (χ0v) is 16.8. The number of ketones is 4. The topological polar surface area (TPSA) is 88.5 Å². The van der Waals surface area contributed by atoms with Gasteiger partial charge in [-0.1, -0.05) is 39.3 Å². The highest BCUT2D eigenvalue weighted by molar-refractivity contribution is 6.35. The molecule has 0 aromatic rings. The Morgan fingerprint density at radius 3 is 2.19 bits per heavy atom. The van der Waals surface area contributed by atoms with Crippen LogP contribution in [0.4, 0.5) is 0 Å². The average Bonchev–Trinajstić information content (AvgIpc) is 2.57. The molecule has 0 spiro atoms. The van der Waals surface area contributed by atoms with Crippen molar-refractivity contribution in [3.8, 4) is 0 Å². The first-order valence-corrected chi connectivity index (χ1v) is 9.49. The number of Topliss-reactive ketones (excluding diaryl/α,β-unsaturated/α-hetero) is 4. The second kappa shape index (κ2) is 8.85. The van der Waals surface area contributed by atoms with E-state index < -0.39 is 46.5 Å². The summed E-state index contributed by atoms with van der Waals surface area (Å²) in [4.78, 5) is 51.3. The predicted molar refractivity (Wildman–Crippen MR) is 99.5 cm³/mol. The molecule has 5 heteroatoms. The van der Waals surface area contributed by atoms with Gasteiger partial charge in [-0.25, -0.2) is 0 Å². The van der Waals surface area contributed by atoms with Crippen LogP contribution in [0.25, 0.3) is 0 Å². The smallest absolute Gasteiger partial charge is 0.190 e. The number of hydrogen-bond acceptors (Lipinski definition) is 5. The van der Waals surface area contributed by atoms with Gasteiger partial charge in [0.05, 0.1) is 5.92 Å². The Morgan fingerprint density at radius 2 is 1.73 bits per heavy atom. The highest BCUT2D eigenvalue weighted by Crippen LogP contribution is 2.35. The first kappa shape index (κ1) is 22.4. The van der Waals surface area contributed by atoms with Crippen molar-refractivity contribution in [1.82, 2.24) is 0 Å². The molecule has 0 aromatic carbocycles. The summed E-state index contributed by atoms with van der Waals surface area (Å²) in [6.07, 6.45) is 2.77. The average molecular weight is 364 g/mol. The molecule has 0 saturated heterocycles. The minimum absolute atomic E-state index is 0.192. The molecular weight excluding hydrogens is 332 g/mol. The Kier molecular flexibility index (Phi) is 7.63. The van der Waals surface area contributed by atoms with Gasteiger partial charge in [0, 0.05) is 12.3 Å². The van der Waals surface area contributed by atoms with Crippen LogP contribution in [0, 0.1) is 23.7 Å². The third-order valence-electron chi connectivity index (χ3n) is 5.24. The fourth-order valence-corrected chi connectivity index (χ4v) is 3.19. The number of aliphatic hydroxyl groups is 1. The molecule has 0 radical (unpaired) electrons. The van der Waals surface area contributed by atoms with E-state index in [9.17, 15) is 24.3 Å². The molecule has 4 atom stereocenters. The normalized spacial score (nSPS) is 27.6. The SMILES string of the molecule is CCC(C)C(=O)C1C(=O)C(CCC(C)C)C(=O)C(O)(CC=C(C)C)C1=O. The molecule has 26 heavy (non-hydrogen) atoms. The molecule has 0 heterocycles. The minimum Gasteiger partial charge on any atom is -0.374 e. The van der Waals surface area contributed by atoms with E-state index in [1.807, 2.05) is 13.8 Å². The van der Waals surface area contributed by atoms with E-state index in [0.717, 1.165) is 5.57 Å². The summed E-state index contributed by atoms with van der Waals surface area (Å²) in [5.74, 6) is -5.65. The number of rotatable bonds is 8. The lowest BCUT2D eigenvalue weighted by molar-refractivity contribution is -0.167.